The summed E-state index contributed by atoms with van der Waals surface area (Å²) < 4.78 is 5.09. The van der Waals surface area contributed by atoms with Crippen molar-refractivity contribution in [1.29, 1.82) is 0 Å². The normalized spacial score (nSPS) is 16.1. The highest BCUT2D eigenvalue weighted by Gasteiger charge is 2.19. The highest BCUT2D eigenvalue weighted by molar-refractivity contribution is 5.70. The van der Waals surface area contributed by atoms with E-state index in [0.29, 0.717) is 13.1 Å². The van der Waals surface area contributed by atoms with Crippen molar-refractivity contribution in [3.8, 4) is 0 Å². The van der Waals surface area contributed by atoms with Gasteiger partial charge < -0.3 is 9.64 Å². The Morgan fingerprint density at radius 3 is 2.32 bits per heavy atom. The van der Waals surface area contributed by atoms with Gasteiger partial charge in [-0.15, -0.1) is 0 Å². The van der Waals surface area contributed by atoms with E-state index in [1.807, 2.05) is 0 Å². The van der Waals surface area contributed by atoms with Gasteiger partial charge in [0.25, 0.3) is 0 Å². The van der Waals surface area contributed by atoms with Crippen LogP contribution in [-0.4, -0.2) is 42.3 Å². The molecule has 0 unspecified atom stereocenters. The summed E-state index contributed by atoms with van der Waals surface area (Å²) in [5.74, 6) is -0.374. The molecule has 1 amide bonds. The first-order chi connectivity index (χ1) is 8.88. The summed E-state index contributed by atoms with van der Waals surface area (Å²) in [6.45, 7) is 6.80. The minimum Gasteiger partial charge on any atom is -0.460 e. The van der Waals surface area contributed by atoms with Gasteiger partial charge in [-0.3, -0.25) is 9.68 Å². The van der Waals surface area contributed by atoms with Crippen LogP contribution >= 0.6 is 0 Å². The largest absolute Gasteiger partial charge is 0.460 e. The molecule has 0 saturated carbocycles. The maximum absolute atomic E-state index is 11.5. The minimum atomic E-state index is -0.512. The smallest absolute Gasteiger partial charge is 0.441 e. The van der Waals surface area contributed by atoms with Crippen molar-refractivity contribution < 1.29 is 24.1 Å². The first-order valence-electron chi connectivity index (χ1n) is 6.69. The molecule has 6 nitrogen and oxygen atoms in total. The van der Waals surface area contributed by atoms with Gasteiger partial charge in [0.1, 0.15) is 12.2 Å². The molecule has 1 saturated heterocycles. The summed E-state index contributed by atoms with van der Waals surface area (Å²) in [5.41, 5.74) is -0.512. The lowest BCUT2D eigenvalue weighted by molar-refractivity contribution is -0.247. The number of ether oxygens (including phenoxy) is 1. The Labute approximate surface area is 113 Å². The SMILES string of the molecule is CC(C)(C)OC(=O)CCOOC(=O)N1CCCCC1. The average Bonchev–Trinajstić information content (AvgIpc) is 2.33. The summed E-state index contributed by atoms with van der Waals surface area (Å²) in [4.78, 5) is 33.9. The van der Waals surface area contributed by atoms with Crippen LogP contribution in [0.15, 0.2) is 0 Å². The van der Waals surface area contributed by atoms with Crippen molar-refractivity contribution in [3.63, 3.8) is 0 Å². The van der Waals surface area contributed by atoms with E-state index in [4.69, 9.17) is 9.62 Å². The van der Waals surface area contributed by atoms with Gasteiger partial charge in [-0.2, -0.15) is 4.89 Å². The van der Waals surface area contributed by atoms with Gasteiger partial charge in [-0.1, -0.05) is 0 Å². The lowest BCUT2D eigenvalue weighted by atomic mass is 10.1. The maximum Gasteiger partial charge on any atom is 0.441 e. The van der Waals surface area contributed by atoms with Gasteiger partial charge in [0.15, 0.2) is 0 Å². The standard InChI is InChI=1S/C13H23NO5/c1-13(2,3)18-11(15)7-10-17-19-12(16)14-8-5-4-6-9-14/h4-10H2,1-3H3. The zero-order valence-corrected chi connectivity index (χ0v) is 11.9. The van der Waals surface area contributed by atoms with Crippen molar-refractivity contribution in [3.05, 3.63) is 0 Å². The Kier molecular flexibility index (Phi) is 6.08. The molecule has 1 heterocycles. The Balaban J connectivity index is 2.10. The van der Waals surface area contributed by atoms with Crippen LogP contribution in [0, 0.1) is 0 Å². The summed E-state index contributed by atoms with van der Waals surface area (Å²) >= 11 is 0. The van der Waals surface area contributed by atoms with Gasteiger partial charge in [-0.05, 0) is 40.0 Å². The number of rotatable bonds is 4. The third-order valence-corrected chi connectivity index (χ3v) is 2.55. The van der Waals surface area contributed by atoms with Crippen LogP contribution in [0.2, 0.25) is 0 Å². The van der Waals surface area contributed by atoms with Crippen molar-refractivity contribution in [1.82, 2.24) is 4.90 Å². The molecular weight excluding hydrogens is 250 g/mol. The number of amides is 1. The Bertz CT molecular complexity index is 305. The van der Waals surface area contributed by atoms with E-state index in [1.54, 1.807) is 25.7 Å². The molecule has 19 heavy (non-hydrogen) atoms. The molecule has 0 spiro atoms. The van der Waals surface area contributed by atoms with E-state index in [9.17, 15) is 9.59 Å². The van der Waals surface area contributed by atoms with Crippen molar-refractivity contribution in [2.75, 3.05) is 19.7 Å². The van der Waals surface area contributed by atoms with Crippen LogP contribution in [0.1, 0.15) is 46.5 Å². The molecule has 6 heteroatoms. The number of carbonyl (C=O) groups excluding carboxylic acids is 2. The molecular formula is C13H23NO5. The van der Waals surface area contributed by atoms with Gasteiger partial charge in [0.2, 0.25) is 0 Å². The van der Waals surface area contributed by atoms with Crippen molar-refractivity contribution >= 4 is 12.1 Å². The predicted molar refractivity (Wildman–Crippen MR) is 68.3 cm³/mol. The van der Waals surface area contributed by atoms with Gasteiger partial charge in [0, 0.05) is 13.1 Å². The van der Waals surface area contributed by atoms with E-state index in [2.05, 4.69) is 4.89 Å². The molecule has 0 aromatic rings. The van der Waals surface area contributed by atoms with Crippen LogP contribution in [0.3, 0.4) is 0 Å². The molecule has 0 aliphatic carbocycles. The second-order valence-corrected chi connectivity index (χ2v) is 5.56. The average molecular weight is 273 g/mol. The maximum atomic E-state index is 11.5. The highest BCUT2D eigenvalue weighted by atomic mass is 17.2. The molecule has 0 radical (unpaired) electrons. The fourth-order valence-corrected chi connectivity index (χ4v) is 1.74. The van der Waals surface area contributed by atoms with Crippen molar-refractivity contribution in [2.45, 2.75) is 52.1 Å². The Morgan fingerprint density at radius 2 is 1.74 bits per heavy atom. The first-order valence-corrected chi connectivity index (χ1v) is 6.69. The molecule has 0 aromatic carbocycles. The Morgan fingerprint density at radius 1 is 1.11 bits per heavy atom. The fourth-order valence-electron chi connectivity index (χ4n) is 1.74. The number of carbonyl (C=O) groups is 2. The summed E-state index contributed by atoms with van der Waals surface area (Å²) in [7, 11) is 0. The van der Waals surface area contributed by atoms with Crippen LogP contribution in [0.25, 0.3) is 0 Å². The monoisotopic (exact) mass is 273 g/mol. The summed E-state index contributed by atoms with van der Waals surface area (Å²) in [5, 5.41) is 0. The zero-order valence-electron chi connectivity index (χ0n) is 11.9. The lowest BCUT2D eigenvalue weighted by Gasteiger charge is -2.24. The van der Waals surface area contributed by atoms with Crippen LogP contribution in [0.5, 0.6) is 0 Å². The predicted octanol–water partition coefficient (Wildman–Crippen LogP) is 2.27. The van der Waals surface area contributed by atoms with Crippen LogP contribution in [-0.2, 0) is 19.3 Å². The number of hydrogen-bond acceptors (Lipinski definition) is 5. The first kappa shape index (κ1) is 15.8. The van der Waals surface area contributed by atoms with E-state index < -0.39 is 11.7 Å². The van der Waals surface area contributed by atoms with Gasteiger partial charge in [0.05, 0.1) is 6.42 Å². The molecule has 110 valence electrons. The number of esters is 1. The molecule has 1 rings (SSSR count). The molecule has 1 fully saturated rings. The molecule has 0 N–H and O–H groups in total. The molecule has 0 aromatic heterocycles. The van der Waals surface area contributed by atoms with E-state index in [1.165, 1.54) is 0 Å². The number of hydrogen-bond donors (Lipinski definition) is 0. The highest BCUT2D eigenvalue weighted by Crippen LogP contribution is 2.10. The summed E-state index contributed by atoms with van der Waals surface area (Å²) in [6, 6.07) is 0. The molecule has 0 atom stereocenters. The third kappa shape index (κ3) is 7.00. The third-order valence-electron chi connectivity index (χ3n) is 2.55. The topological polar surface area (TPSA) is 65.1 Å². The number of nitrogens with zero attached hydrogens (tertiary/aromatic N) is 1. The quantitative estimate of drug-likeness (QED) is 0.340. The zero-order chi connectivity index (χ0) is 14.3. The number of piperidine rings is 1. The van der Waals surface area contributed by atoms with Crippen LogP contribution in [0.4, 0.5) is 4.79 Å². The van der Waals surface area contributed by atoms with E-state index in [-0.39, 0.29) is 19.0 Å². The fraction of sp³-hybridized carbons (Fsp3) is 0.846. The Hall–Kier alpha value is -1.30. The summed E-state index contributed by atoms with van der Waals surface area (Å²) in [6.07, 6.45) is 2.71. The lowest BCUT2D eigenvalue weighted by Crippen LogP contribution is -2.36. The molecule has 1 aliphatic heterocycles. The van der Waals surface area contributed by atoms with Crippen LogP contribution < -0.4 is 0 Å². The van der Waals surface area contributed by atoms with E-state index in [0.717, 1.165) is 19.3 Å². The second-order valence-electron chi connectivity index (χ2n) is 5.56. The van der Waals surface area contributed by atoms with Gasteiger partial charge >= 0.3 is 12.1 Å². The minimum absolute atomic E-state index is 0.00843. The van der Waals surface area contributed by atoms with E-state index >= 15 is 0 Å². The molecule has 0 bridgehead atoms. The van der Waals surface area contributed by atoms with Crippen molar-refractivity contribution in [2.24, 2.45) is 0 Å². The second kappa shape index (κ2) is 7.33. The number of likely N-dealkylation sites (tertiary alicyclic amines) is 1. The van der Waals surface area contributed by atoms with Gasteiger partial charge in [-0.25, -0.2) is 4.79 Å². The molecule has 1 aliphatic rings.